The molecule has 110 valence electrons. The average molecular weight is 422 g/mol. The Morgan fingerprint density at radius 3 is 2.14 bits per heavy atom. The Morgan fingerprint density at radius 2 is 1.62 bits per heavy atom. The van der Waals surface area contributed by atoms with E-state index in [2.05, 4.69) is 31.9 Å². The van der Waals surface area contributed by atoms with Crippen LogP contribution in [-0.4, -0.2) is 5.78 Å². The van der Waals surface area contributed by atoms with Gasteiger partial charge in [0.05, 0.1) is 5.56 Å². The first kappa shape index (κ1) is 16.2. The molecule has 0 heterocycles. The summed E-state index contributed by atoms with van der Waals surface area (Å²) in [6.45, 7) is 0. The highest BCUT2D eigenvalue weighted by Crippen LogP contribution is 2.29. The number of benzene rings is 2. The van der Waals surface area contributed by atoms with E-state index in [0.29, 0.717) is 15.6 Å². The molecule has 0 amide bonds. The fourth-order valence-corrected chi connectivity index (χ4v) is 3.08. The van der Waals surface area contributed by atoms with Crippen molar-refractivity contribution in [2.24, 2.45) is 0 Å². The molecule has 0 saturated carbocycles. The SMILES string of the molecule is O=C(Cc1ccc(C(F)(F)F)cc1)c1ccc(Br)cc1Br. The van der Waals surface area contributed by atoms with Gasteiger partial charge in [-0.05, 0) is 35.9 Å². The largest absolute Gasteiger partial charge is 0.416 e. The molecule has 0 bridgehead atoms. The molecule has 21 heavy (non-hydrogen) atoms. The van der Waals surface area contributed by atoms with Crippen LogP contribution < -0.4 is 0 Å². The van der Waals surface area contributed by atoms with Crippen molar-refractivity contribution in [2.75, 3.05) is 0 Å². The minimum absolute atomic E-state index is 0.0539. The first-order valence-electron chi connectivity index (χ1n) is 5.92. The van der Waals surface area contributed by atoms with Crippen LogP contribution in [0.4, 0.5) is 13.2 Å². The van der Waals surface area contributed by atoms with Crippen molar-refractivity contribution in [1.82, 2.24) is 0 Å². The monoisotopic (exact) mass is 420 g/mol. The van der Waals surface area contributed by atoms with Crippen molar-refractivity contribution in [2.45, 2.75) is 12.6 Å². The minimum Gasteiger partial charge on any atom is -0.294 e. The summed E-state index contributed by atoms with van der Waals surface area (Å²) in [4.78, 5) is 12.2. The maximum Gasteiger partial charge on any atom is 0.416 e. The standard InChI is InChI=1S/C15H9Br2F3O/c16-11-5-6-12(13(17)8-11)14(21)7-9-1-3-10(4-2-9)15(18,19)20/h1-6,8H,7H2. The highest BCUT2D eigenvalue weighted by atomic mass is 79.9. The van der Waals surface area contributed by atoms with E-state index in [1.54, 1.807) is 18.2 Å². The van der Waals surface area contributed by atoms with Gasteiger partial charge in [0.15, 0.2) is 5.78 Å². The van der Waals surface area contributed by atoms with Crippen LogP contribution in [0.5, 0.6) is 0 Å². The summed E-state index contributed by atoms with van der Waals surface area (Å²) in [5.41, 5.74) is 0.324. The van der Waals surface area contributed by atoms with E-state index in [1.165, 1.54) is 12.1 Å². The Kier molecular flexibility index (Phi) is 4.88. The van der Waals surface area contributed by atoms with Gasteiger partial charge in [-0.25, -0.2) is 0 Å². The number of halogens is 5. The molecule has 0 N–H and O–H groups in total. The molecule has 0 spiro atoms. The van der Waals surface area contributed by atoms with Gasteiger partial charge in [-0.2, -0.15) is 13.2 Å². The van der Waals surface area contributed by atoms with E-state index in [-0.39, 0.29) is 12.2 Å². The molecule has 0 saturated heterocycles. The lowest BCUT2D eigenvalue weighted by Crippen LogP contribution is -2.07. The summed E-state index contributed by atoms with van der Waals surface area (Å²) in [6.07, 6.45) is -4.31. The molecule has 0 radical (unpaired) electrons. The lowest BCUT2D eigenvalue weighted by molar-refractivity contribution is -0.137. The number of ketones is 1. The zero-order valence-corrected chi connectivity index (χ0v) is 13.7. The second-order valence-corrected chi connectivity index (χ2v) is 6.19. The maximum absolute atomic E-state index is 12.5. The Bertz CT molecular complexity index is 664. The van der Waals surface area contributed by atoms with Gasteiger partial charge in [0.2, 0.25) is 0 Å². The zero-order valence-electron chi connectivity index (χ0n) is 10.5. The molecule has 0 aromatic heterocycles. The molecule has 0 aliphatic carbocycles. The zero-order chi connectivity index (χ0) is 15.6. The summed E-state index contributed by atoms with van der Waals surface area (Å²) in [6, 6.07) is 9.78. The van der Waals surface area contributed by atoms with Gasteiger partial charge < -0.3 is 0 Å². The van der Waals surface area contributed by atoms with Crippen LogP contribution in [-0.2, 0) is 12.6 Å². The van der Waals surface area contributed by atoms with Gasteiger partial charge in [-0.3, -0.25) is 4.79 Å². The lowest BCUT2D eigenvalue weighted by Gasteiger charge is -2.08. The van der Waals surface area contributed by atoms with Crippen molar-refractivity contribution in [1.29, 1.82) is 0 Å². The topological polar surface area (TPSA) is 17.1 Å². The fraction of sp³-hybridized carbons (Fsp3) is 0.133. The van der Waals surface area contributed by atoms with Gasteiger partial charge in [0.25, 0.3) is 0 Å². The number of carbonyl (C=O) groups excluding carboxylic acids is 1. The van der Waals surface area contributed by atoms with Crippen molar-refractivity contribution < 1.29 is 18.0 Å². The highest BCUT2D eigenvalue weighted by molar-refractivity contribution is 9.11. The molecule has 0 atom stereocenters. The highest BCUT2D eigenvalue weighted by Gasteiger charge is 2.30. The van der Waals surface area contributed by atoms with E-state index in [9.17, 15) is 18.0 Å². The third-order valence-electron chi connectivity index (χ3n) is 2.88. The second kappa shape index (κ2) is 6.32. The Hall–Kier alpha value is -1.14. The van der Waals surface area contributed by atoms with Crippen molar-refractivity contribution in [3.05, 3.63) is 68.1 Å². The van der Waals surface area contributed by atoms with E-state index in [4.69, 9.17) is 0 Å². The molecule has 0 aliphatic rings. The van der Waals surface area contributed by atoms with Crippen LogP contribution in [0.25, 0.3) is 0 Å². The van der Waals surface area contributed by atoms with E-state index in [1.807, 2.05) is 0 Å². The second-order valence-electron chi connectivity index (χ2n) is 4.42. The third kappa shape index (κ3) is 4.17. The Morgan fingerprint density at radius 1 is 1.00 bits per heavy atom. The van der Waals surface area contributed by atoms with E-state index in [0.717, 1.165) is 16.6 Å². The van der Waals surface area contributed by atoms with E-state index >= 15 is 0 Å². The van der Waals surface area contributed by atoms with Crippen LogP contribution in [0.3, 0.4) is 0 Å². The van der Waals surface area contributed by atoms with Crippen molar-refractivity contribution in [3.8, 4) is 0 Å². The van der Waals surface area contributed by atoms with E-state index < -0.39 is 11.7 Å². The van der Waals surface area contributed by atoms with Crippen LogP contribution in [0.2, 0.25) is 0 Å². The smallest absolute Gasteiger partial charge is 0.294 e. The molecular formula is C15H9Br2F3O. The van der Waals surface area contributed by atoms with Gasteiger partial charge in [0, 0.05) is 20.9 Å². The quantitative estimate of drug-likeness (QED) is 0.584. The molecular weight excluding hydrogens is 413 g/mol. The summed E-state index contributed by atoms with van der Waals surface area (Å²) in [5, 5.41) is 0. The van der Waals surface area contributed by atoms with Gasteiger partial charge in [-0.1, -0.05) is 44.0 Å². The molecule has 0 aliphatic heterocycles. The predicted octanol–water partition coefficient (Wildman–Crippen LogP) is 5.66. The molecule has 0 fully saturated rings. The Balaban J connectivity index is 2.16. The van der Waals surface area contributed by atoms with Crippen LogP contribution in [0.15, 0.2) is 51.4 Å². The third-order valence-corrected chi connectivity index (χ3v) is 4.03. The van der Waals surface area contributed by atoms with Crippen molar-refractivity contribution >= 4 is 37.6 Å². The fourth-order valence-electron chi connectivity index (χ4n) is 1.81. The predicted molar refractivity (Wildman–Crippen MR) is 81.3 cm³/mol. The molecule has 2 rings (SSSR count). The molecule has 2 aromatic carbocycles. The van der Waals surface area contributed by atoms with Crippen molar-refractivity contribution in [3.63, 3.8) is 0 Å². The minimum atomic E-state index is -4.36. The summed E-state index contributed by atoms with van der Waals surface area (Å²) >= 11 is 6.59. The van der Waals surface area contributed by atoms with Crippen LogP contribution >= 0.6 is 31.9 Å². The lowest BCUT2D eigenvalue weighted by atomic mass is 10.0. The Labute approximate surface area is 136 Å². The molecule has 1 nitrogen and oxygen atoms in total. The van der Waals surface area contributed by atoms with Gasteiger partial charge >= 0.3 is 6.18 Å². The number of alkyl halides is 3. The molecule has 2 aromatic rings. The summed E-state index contributed by atoms with van der Waals surface area (Å²) < 4.78 is 38.9. The normalized spacial score (nSPS) is 11.5. The number of carbonyl (C=O) groups is 1. The number of hydrogen-bond acceptors (Lipinski definition) is 1. The van der Waals surface area contributed by atoms with Gasteiger partial charge in [0.1, 0.15) is 0 Å². The number of rotatable bonds is 3. The van der Waals surface area contributed by atoms with Crippen LogP contribution in [0.1, 0.15) is 21.5 Å². The average Bonchev–Trinajstić information content (AvgIpc) is 2.38. The number of Topliss-reactive ketones (excluding diaryl/α,β-unsaturated/α-hetero) is 1. The number of hydrogen-bond donors (Lipinski definition) is 0. The van der Waals surface area contributed by atoms with Crippen LogP contribution in [0, 0.1) is 0 Å². The molecule has 6 heteroatoms. The first-order valence-corrected chi connectivity index (χ1v) is 7.50. The molecule has 0 unspecified atom stereocenters. The van der Waals surface area contributed by atoms with Gasteiger partial charge in [-0.15, -0.1) is 0 Å². The first-order chi connectivity index (χ1) is 9.77. The summed E-state index contributed by atoms with van der Waals surface area (Å²) in [5.74, 6) is -0.158. The maximum atomic E-state index is 12.5. The summed E-state index contributed by atoms with van der Waals surface area (Å²) in [7, 11) is 0.